The second-order valence-electron chi connectivity index (χ2n) is 6.19. The van der Waals surface area contributed by atoms with Gasteiger partial charge >= 0.3 is 5.97 Å². The van der Waals surface area contributed by atoms with Crippen LogP contribution in [0.15, 0.2) is 35.4 Å². The zero-order chi connectivity index (χ0) is 19.4. The molecule has 3 rings (SSSR count). The molecule has 9 heteroatoms. The zero-order valence-electron chi connectivity index (χ0n) is 14.6. The van der Waals surface area contributed by atoms with Crippen molar-refractivity contribution in [1.29, 1.82) is 0 Å². The number of carbonyl (C=O) groups is 3. The Morgan fingerprint density at radius 3 is 2.52 bits per heavy atom. The normalized spacial score (nSPS) is 16.2. The van der Waals surface area contributed by atoms with Gasteiger partial charge in [0.05, 0.1) is 12.2 Å². The topological polar surface area (TPSA) is 118 Å². The van der Waals surface area contributed by atoms with Crippen LogP contribution in [0.4, 0.5) is 0 Å². The summed E-state index contributed by atoms with van der Waals surface area (Å²) in [5.41, 5.74) is 0.910. The number of hydrogen-bond donors (Lipinski definition) is 2. The van der Waals surface area contributed by atoms with Gasteiger partial charge in [-0.2, -0.15) is 0 Å². The van der Waals surface area contributed by atoms with Crippen molar-refractivity contribution in [2.24, 2.45) is 0 Å². The van der Waals surface area contributed by atoms with Crippen LogP contribution in [0.1, 0.15) is 38.5 Å². The Hall–Kier alpha value is -3.07. The number of aromatic hydroxyl groups is 2. The molecule has 0 bridgehead atoms. The smallest absolute Gasteiger partial charge is 0.333 e. The number of hydroxylamine groups is 2. The first-order valence-electron chi connectivity index (χ1n) is 8.71. The third kappa shape index (κ3) is 4.03. The van der Waals surface area contributed by atoms with Crippen molar-refractivity contribution in [2.75, 3.05) is 6.61 Å². The summed E-state index contributed by atoms with van der Waals surface area (Å²) in [6.07, 6.45) is 6.54. The third-order valence-corrected chi connectivity index (χ3v) is 4.26. The molecule has 0 saturated heterocycles. The van der Waals surface area contributed by atoms with E-state index in [-0.39, 0.29) is 24.8 Å². The summed E-state index contributed by atoms with van der Waals surface area (Å²) in [5.74, 6) is -2.18. The molecule has 1 aliphatic carbocycles. The Bertz CT molecular complexity index is 802. The lowest BCUT2D eigenvalue weighted by molar-refractivity contribution is -0.186. The Labute approximate surface area is 155 Å². The molecule has 9 nitrogen and oxygen atoms in total. The fraction of sp³-hybridized carbons (Fsp3) is 0.389. The van der Waals surface area contributed by atoms with Crippen molar-refractivity contribution in [1.82, 2.24) is 9.79 Å². The molecule has 2 amide bonds. The highest BCUT2D eigenvalue weighted by atomic mass is 16.7. The number of allylic oxidation sites excluding steroid dienone is 1. The molecule has 0 radical (unpaired) electrons. The van der Waals surface area contributed by atoms with E-state index >= 15 is 0 Å². The van der Waals surface area contributed by atoms with E-state index in [0.29, 0.717) is 41.6 Å². The molecule has 0 spiro atoms. The van der Waals surface area contributed by atoms with Crippen molar-refractivity contribution in [3.05, 3.63) is 35.4 Å². The van der Waals surface area contributed by atoms with E-state index in [9.17, 15) is 24.6 Å². The van der Waals surface area contributed by atoms with Crippen molar-refractivity contribution in [3.63, 3.8) is 0 Å². The van der Waals surface area contributed by atoms with Crippen molar-refractivity contribution >= 4 is 17.8 Å². The van der Waals surface area contributed by atoms with Crippen molar-refractivity contribution in [3.8, 4) is 11.8 Å². The van der Waals surface area contributed by atoms with Crippen LogP contribution in [-0.2, 0) is 19.2 Å². The number of carbonyl (C=O) groups excluding carboxylic acids is 3. The molecule has 27 heavy (non-hydrogen) atoms. The molecule has 0 fully saturated rings. The van der Waals surface area contributed by atoms with Crippen LogP contribution in [0.5, 0.6) is 11.8 Å². The van der Waals surface area contributed by atoms with Crippen LogP contribution in [0.2, 0.25) is 0 Å². The molecule has 1 aromatic heterocycles. The van der Waals surface area contributed by atoms with Crippen molar-refractivity contribution in [2.45, 2.75) is 38.5 Å². The standard InChI is InChI=1S/C18H20N2O7/c21-14-9-10-15(22)19(14)27-16(23)8-2-1-5-11-26-20-17(24)12-6-3-4-7-13(12)18(20)25/h3,6,9-10,21-22H,1-2,4-5,7-8,11H2. The minimum absolute atomic E-state index is 0.0826. The molecule has 0 unspecified atom stereocenters. The summed E-state index contributed by atoms with van der Waals surface area (Å²) >= 11 is 0. The van der Waals surface area contributed by atoms with E-state index < -0.39 is 17.8 Å². The first-order valence-corrected chi connectivity index (χ1v) is 8.71. The zero-order valence-corrected chi connectivity index (χ0v) is 14.6. The summed E-state index contributed by atoms with van der Waals surface area (Å²) in [7, 11) is 0. The molecule has 2 heterocycles. The molecule has 1 aromatic rings. The highest BCUT2D eigenvalue weighted by Gasteiger charge is 2.38. The quantitative estimate of drug-likeness (QED) is 0.519. The molecule has 2 aliphatic rings. The van der Waals surface area contributed by atoms with Crippen molar-refractivity contribution < 1.29 is 34.3 Å². The summed E-state index contributed by atoms with van der Waals surface area (Å²) in [4.78, 5) is 46.1. The van der Waals surface area contributed by atoms with E-state index in [0.717, 1.165) is 11.5 Å². The predicted molar refractivity (Wildman–Crippen MR) is 91.0 cm³/mol. The van der Waals surface area contributed by atoms with Crippen LogP contribution in [-0.4, -0.2) is 44.4 Å². The fourth-order valence-electron chi connectivity index (χ4n) is 2.87. The van der Waals surface area contributed by atoms with Gasteiger partial charge in [-0.15, -0.1) is 9.79 Å². The number of rotatable bonds is 8. The largest absolute Gasteiger partial charge is 0.492 e. The average Bonchev–Trinajstić information content (AvgIpc) is 3.10. The Morgan fingerprint density at radius 2 is 1.81 bits per heavy atom. The van der Waals surface area contributed by atoms with Crippen LogP contribution in [0, 0.1) is 0 Å². The minimum Gasteiger partial charge on any atom is -0.492 e. The first kappa shape index (κ1) is 18.7. The first-order chi connectivity index (χ1) is 13.0. The SMILES string of the molecule is O=C(CCCCCON1C(=O)C2=C(CCC=C2)C1=O)On1c(O)ccc1O. The molecule has 0 atom stereocenters. The van der Waals surface area contributed by atoms with Gasteiger partial charge in [0.1, 0.15) is 0 Å². The molecule has 2 N–H and O–H groups in total. The summed E-state index contributed by atoms with van der Waals surface area (Å²) in [6, 6.07) is 2.40. The van der Waals surface area contributed by atoms with Crippen LogP contribution in [0.3, 0.4) is 0 Å². The molecule has 0 saturated carbocycles. The second kappa shape index (κ2) is 8.09. The lowest BCUT2D eigenvalue weighted by Gasteiger charge is -2.14. The monoisotopic (exact) mass is 376 g/mol. The van der Waals surface area contributed by atoms with Gasteiger partial charge < -0.3 is 15.1 Å². The van der Waals surface area contributed by atoms with Gasteiger partial charge in [-0.3, -0.25) is 14.4 Å². The fourth-order valence-corrected chi connectivity index (χ4v) is 2.87. The summed E-state index contributed by atoms with van der Waals surface area (Å²) in [5, 5.41) is 19.6. The maximum Gasteiger partial charge on any atom is 0.333 e. The van der Waals surface area contributed by atoms with Gasteiger partial charge in [-0.1, -0.05) is 18.6 Å². The predicted octanol–water partition coefficient (Wildman–Crippen LogP) is 1.36. The van der Waals surface area contributed by atoms with E-state index in [1.54, 1.807) is 6.08 Å². The summed E-state index contributed by atoms with van der Waals surface area (Å²) < 4.78 is 0.638. The second-order valence-corrected chi connectivity index (χ2v) is 6.19. The molecular formula is C18H20N2O7. The van der Waals surface area contributed by atoms with E-state index in [4.69, 9.17) is 9.68 Å². The highest BCUT2D eigenvalue weighted by Crippen LogP contribution is 2.29. The van der Waals surface area contributed by atoms with Gasteiger partial charge in [-0.05, 0) is 25.7 Å². The van der Waals surface area contributed by atoms with E-state index in [2.05, 4.69) is 0 Å². The molecule has 1 aliphatic heterocycles. The number of hydrogen-bond acceptors (Lipinski definition) is 7. The average molecular weight is 376 g/mol. The van der Waals surface area contributed by atoms with Gasteiger partial charge in [0.15, 0.2) is 0 Å². The number of nitrogens with zero attached hydrogens (tertiary/aromatic N) is 2. The van der Waals surface area contributed by atoms with Crippen LogP contribution < -0.4 is 4.84 Å². The van der Waals surface area contributed by atoms with Gasteiger partial charge in [0.2, 0.25) is 11.8 Å². The number of aromatic nitrogens is 1. The van der Waals surface area contributed by atoms with Gasteiger partial charge in [-0.25, -0.2) is 4.79 Å². The molecule has 0 aromatic carbocycles. The number of imide groups is 1. The Balaban J connectivity index is 1.33. The number of amides is 2. The maximum absolute atomic E-state index is 12.1. The van der Waals surface area contributed by atoms with Gasteiger partial charge in [0.25, 0.3) is 11.8 Å². The number of unbranched alkanes of at least 4 members (excludes halogenated alkanes) is 2. The Morgan fingerprint density at radius 1 is 1.07 bits per heavy atom. The maximum atomic E-state index is 12.1. The molecule has 144 valence electrons. The Kier molecular flexibility index (Phi) is 5.60. The van der Waals surface area contributed by atoms with E-state index in [1.807, 2.05) is 6.08 Å². The lowest BCUT2D eigenvalue weighted by atomic mass is 10.00. The van der Waals surface area contributed by atoms with Crippen LogP contribution >= 0.6 is 0 Å². The third-order valence-electron chi connectivity index (χ3n) is 4.26. The minimum atomic E-state index is -0.605. The van der Waals surface area contributed by atoms with Gasteiger partial charge in [0, 0.05) is 24.1 Å². The highest BCUT2D eigenvalue weighted by molar-refractivity contribution is 6.20. The van der Waals surface area contributed by atoms with E-state index in [1.165, 1.54) is 12.1 Å². The lowest BCUT2D eigenvalue weighted by Crippen LogP contribution is -2.32. The van der Waals surface area contributed by atoms with Crippen LogP contribution in [0.25, 0.3) is 0 Å². The molecular weight excluding hydrogens is 356 g/mol. The summed E-state index contributed by atoms with van der Waals surface area (Å²) in [6.45, 7) is 0.177.